The first-order valence-corrected chi connectivity index (χ1v) is 1.75. The number of rotatable bonds is 1. The van der Waals surface area contributed by atoms with Gasteiger partial charge in [0.25, 0.3) is 0 Å². The lowest BCUT2D eigenvalue weighted by Crippen LogP contribution is -1.88. The van der Waals surface area contributed by atoms with Crippen LogP contribution in [0.2, 0.25) is 0 Å². The van der Waals surface area contributed by atoms with Gasteiger partial charge in [-0.3, -0.25) is 0 Å². The van der Waals surface area contributed by atoms with E-state index in [-0.39, 0.29) is 6.61 Å². The SMILES string of the molecule is CC(=S)C[O]. The molecule has 0 fully saturated rings. The number of hydrogen-bond acceptors (Lipinski definition) is 1. The molecule has 0 aromatic heterocycles. The summed E-state index contributed by atoms with van der Waals surface area (Å²) in [4.78, 5) is 0.532. The summed E-state index contributed by atoms with van der Waals surface area (Å²) in [6.45, 7) is 1.43. The van der Waals surface area contributed by atoms with Crippen molar-refractivity contribution < 1.29 is 5.11 Å². The van der Waals surface area contributed by atoms with Crippen molar-refractivity contribution in [1.29, 1.82) is 0 Å². The minimum Gasteiger partial charge on any atom is -0.231 e. The van der Waals surface area contributed by atoms with Crippen LogP contribution in [0.4, 0.5) is 0 Å². The molecular weight excluding hydrogens is 84.1 g/mol. The smallest absolute Gasteiger partial charge is 0.113 e. The van der Waals surface area contributed by atoms with E-state index in [2.05, 4.69) is 12.2 Å². The Labute approximate surface area is 36.6 Å². The van der Waals surface area contributed by atoms with Crippen LogP contribution in [0.1, 0.15) is 6.92 Å². The van der Waals surface area contributed by atoms with Gasteiger partial charge in [0.2, 0.25) is 0 Å². The molecule has 5 heavy (non-hydrogen) atoms. The highest BCUT2D eigenvalue weighted by molar-refractivity contribution is 7.80. The van der Waals surface area contributed by atoms with E-state index in [0.717, 1.165) is 0 Å². The van der Waals surface area contributed by atoms with Crippen molar-refractivity contribution in [3.8, 4) is 0 Å². The molecule has 0 aliphatic heterocycles. The molecule has 0 aromatic carbocycles. The average Bonchev–Trinajstić information content (AvgIpc) is 1.38. The van der Waals surface area contributed by atoms with Crippen molar-refractivity contribution >= 4 is 17.1 Å². The van der Waals surface area contributed by atoms with Gasteiger partial charge in [-0.15, -0.1) is 0 Å². The Kier molecular flexibility index (Phi) is 2.32. The third-order valence-corrected chi connectivity index (χ3v) is 0.321. The summed E-state index contributed by atoms with van der Waals surface area (Å²) >= 11 is 4.38. The van der Waals surface area contributed by atoms with E-state index >= 15 is 0 Å². The predicted molar refractivity (Wildman–Crippen MR) is 23.8 cm³/mol. The Morgan fingerprint density at radius 1 is 2.00 bits per heavy atom. The van der Waals surface area contributed by atoms with Crippen LogP contribution in [0.25, 0.3) is 0 Å². The molecule has 0 aromatic rings. The van der Waals surface area contributed by atoms with Crippen molar-refractivity contribution in [1.82, 2.24) is 0 Å². The molecule has 0 bridgehead atoms. The standard InChI is InChI=1S/C3H5OS/c1-3(5)2-4/h2H2,1H3. The van der Waals surface area contributed by atoms with Crippen molar-refractivity contribution in [3.63, 3.8) is 0 Å². The molecule has 29 valence electrons. The number of thiocarbonyl (C=S) groups is 1. The third kappa shape index (κ3) is 4.05. The topological polar surface area (TPSA) is 19.9 Å². The van der Waals surface area contributed by atoms with Crippen LogP contribution < -0.4 is 0 Å². The quantitative estimate of drug-likeness (QED) is 0.435. The van der Waals surface area contributed by atoms with Gasteiger partial charge in [-0.2, -0.15) is 0 Å². The fraction of sp³-hybridized carbons (Fsp3) is 0.667. The van der Waals surface area contributed by atoms with E-state index in [1.807, 2.05) is 0 Å². The fourth-order valence-electron chi connectivity index (χ4n) is 0. The Balaban J connectivity index is 2.85. The molecule has 0 aliphatic rings. The van der Waals surface area contributed by atoms with Crippen LogP contribution in [-0.4, -0.2) is 11.5 Å². The van der Waals surface area contributed by atoms with Crippen molar-refractivity contribution in [2.75, 3.05) is 6.61 Å². The molecule has 0 heterocycles. The summed E-state index contributed by atoms with van der Waals surface area (Å²) in [6, 6.07) is 0. The van der Waals surface area contributed by atoms with Crippen molar-refractivity contribution in [2.45, 2.75) is 6.92 Å². The number of hydrogen-bond donors (Lipinski definition) is 0. The average molecular weight is 89.1 g/mol. The summed E-state index contributed by atoms with van der Waals surface area (Å²) in [7, 11) is 0. The molecular formula is C3H5OS. The molecule has 1 radical (unpaired) electrons. The maximum atomic E-state index is 9.49. The second-order valence-corrected chi connectivity index (χ2v) is 1.54. The zero-order valence-corrected chi connectivity index (χ0v) is 3.84. The van der Waals surface area contributed by atoms with Gasteiger partial charge < -0.3 is 0 Å². The molecule has 0 rings (SSSR count). The summed E-state index contributed by atoms with van der Waals surface area (Å²) < 4.78 is 0. The maximum Gasteiger partial charge on any atom is 0.113 e. The Morgan fingerprint density at radius 3 is 2.20 bits per heavy atom. The van der Waals surface area contributed by atoms with Crippen LogP contribution in [0.15, 0.2) is 0 Å². The second kappa shape index (κ2) is 2.30. The van der Waals surface area contributed by atoms with E-state index in [9.17, 15) is 5.11 Å². The van der Waals surface area contributed by atoms with E-state index < -0.39 is 0 Å². The fourth-order valence-corrected chi connectivity index (χ4v) is 0. The molecule has 0 aliphatic carbocycles. The summed E-state index contributed by atoms with van der Waals surface area (Å²) in [5.41, 5.74) is 0. The van der Waals surface area contributed by atoms with E-state index in [1.54, 1.807) is 6.92 Å². The monoisotopic (exact) mass is 89.0 g/mol. The zero-order valence-electron chi connectivity index (χ0n) is 3.02. The summed E-state index contributed by atoms with van der Waals surface area (Å²) in [6.07, 6.45) is 0. The molecule has 1 nitrogen and oxygen atoms in total. The molecule has 0 spiro atoms. The van der Waals surface area contributed by atoms with Gasteiger partial charge in [-0.25, -0.2) is 5.11 Å². The van der Waals surface area contributed by atoms with Gasteiger partial charge >= 0.3 is 0 Å². The minimum absolute atomic E-state index is 0.213. The normalized spacial score (nSPS) is 7.60. The minimum atomic E-state index is -0.213. The Bertz CT molecular complexity index is 42.2. The van der Waals surface area contributed by atoms with Gasteiger partial charge in [0.1, 0.15) is 6.61 Å². The highest BCUT2D eigenvalue weighted by atomic mass is 32.1. The van der Waals surface area contributed by atoms with Crippen LogP contribution in [0.3, 0.4) is 0 Å². The first-order valence-electron chi connectivity index (χ1n) is 1.35. The zero-order chi connectivity index (χ0) is 4.28. The first kappa shape index (κ1) is 5.05. The van der Waals surface area contributed by atoms with Gasteiger partial charge in [0, 0.05) is 4.86 Å². The van der Waals surface area contributed by atoms with E-state index in [0.29, 0.717) is 4.86 Å². The first-order chi connectivity index (χ1) is 2.27. The molecule has 0 saturated heterocycles. The van der Waals surface area contributed by atoms with E-state index in [1.165, 1.54) is 0 Å². The van der Waals surface area contributed by atoms with Gasteiger partial charge in [-0.1, -0.05) is 12.2 Å². The van der Waals surface area contributed by atoms with E-state index in [4.69, 9.17) is 0 Å². The van der Waals surface area contributed by atoms with Gasteiger partial charge in [-0.05, 0) is 6.92 Å². The lowest BCUT2D eigenvalue weighted by Gasteiger charge is -1.73. The maximum absolute atomic E-state index is 9.49. The largest absolute Gasteiger partial charge is 0.231 e. The summed E-state index contributed by atoms with van der Waals surface area (Å²) in [5.74, 6) is 0. The molecule has 0 N–H and O–H groups in total. The highest BCUT2D eigenvalue weighted by Gasteiger charge is 1.75. The van der Waals surface area contributed by atoms with Crippen LogP contribution in [-0.2, 0) is 5.11 Å². The highest BCUT2D eigenvalue weighted by Crippen LogP contribution is 1.66. The van der Waals surface area contributed by atoms with Gasteiger partial charge in [0.15, 0.2) is 0 Å². The molecule has 2 heteroatoms. The lowest BCUT2D eigenvalue weighted by atomic mass is 10.5. The second-order valence-electron chi connectivity index (χ2n) is 0.846. The molecule has 0 unspecified atom stereocenters. The summed E-state index contributed by atoms with van der Waals surface area (Å²) in [5, 5.41) is 9.49. The molecule has 0 saturated carbocycles. The lowest BCUT2D eigenvalue weighted by molar-refractivity contribution is 0.246. The Hall–Kier alpha value is 0.0500. The van der Waals surface area contributed by atoms with Crippen LogP contribution >= 0.6 is 12.2 Å². The third-order valence-electron chi connectivity index (χ3n) is 0.203. The van der Waals surface area contributed by atoms with Gasteiger partial charge in [0.05, 0.1) is 0 Å². The van der Waals surface area contributed by atoms with Crippen LogP contribution in [0, 0.1) is 0 Å². The van der Waals surface area contributed by atoms with Crippen LogP contribution in [0.5, 0.6) is 0 Å². The van der Waals surface area contributed by atoms with Crippen molar-refractivity contribution in [2.24, 2.45) is 0 Å². The Morgan fingerprint density at radius 2 is 2.20 bits per heavy atom. The van der Waals surface area contributed by atoms with Crippen molar-refractivity contribution in [3.05, 3.63) is 0 Å². The molecule has 0 atom stereocenters. The predicted octanol–water partition coefficient (Wildman–Crippen LogP) is 0.807. The molecule has 0 amide bonds.